The second-order valence-electron chi connectivity index (χ2n) is 8.94. The first-order valence-corrected chi connectivity index (χ1v) is 13.6. The van der Waals surface area contributed by atoms with E-state index in [4.69, 9.17) is 4.74 Å². The normalized spacial score (nSPS) is 15.2. The van der Waals surface area contributed by atoms with E-state index >= 15 is 0 Å². The van der Waals surface area contributed by atoms with E-state index in [1.54, 1.807) is 49.7 Å². The fraction of sp³-hybridized carbons (Fsp3) is 0.138. The average Bonchev–Trinajstić information content (AvgIpc) is 3.38. The molecule has 0 radical (unpaired) electrons. The van der Waals surface area contributed by atoms with Gasteiger partial charge < -0.3 is 4.74 Å². The molecule has 1 aliphatic rings. The van der Waals surface area contributed by atoms with Gasteiger partial charge in [0, 0.05) is 18.8 Å². The summed E-state index contributed by atoms with van der Waals surface area (Å²) in [6.45, 7) is 0. The number of carbonyl (C=O) groups excluding carboxylic acids is 1. The highest BCUT2D eigenvalue weighted by Gasteiger charge is 2.34. The molecule has 3 aromatic carbocycles. The number of sulfone groups is 1. The monoisotopic (exact) mass is 547 g/mol. The van der Waals surface area contributed by atoms with Gasteiger partial charge in [-0.05, 0) is 53.1 Å². The molecule has 1 aliphatic heterocycles. The zero-order valence-corrected chi connectivity index (χ0v) is 21.6. The third-order valence-corrected chi connectivity index (χ3v) is 8.13. The Morgan fingerprint density at radius 1 is 0.974 bits per heavy atom. The number of hydrogen-bond donors (Lipinski definition) is 0. The molecule has 1 amide bonds. The minimum Gasteiger partial charge on any atom is -0.497 e. The summed E-state index contributed by atoms with van der Waals surface area (Å²) in [6, 6.07) is 19.8. The number of amides is 1. The maximum Gasteiger partial charge on any atom is 0.276 e. The van der Waals surface area contributed by atoms with Crippen LogP contribution in [0.4, 0.5) is 8.78 Å². The molecule has 1 aromatic heterocycles. The van der Waals surface area contributed by atoms with Crippen LogP contribution in [0.1, 0.15) is 39.5 Å². The number of methoxy groups -OCH3 is 1. The molecule has 0 saturated heterocycles. The predicted octanol–water partition coefficient (Wildman–Crippen LogP) is 5.33. The van der Waals surface area contributed by atoms with E-state index in [2.05, 4.69) is 10.1 Å². The van der Waals surface area contributed by atoms with E-state index in [0.29, 0.717) is 34.6 Å². The lowest BCUT2D eigenvalue weighted by Crippen LogP contribution is -2.27. The van der Waals surface area contributed by atoms with Crippen molar-refractivity contribution in [1.29, 1.82) is 0 Å². The molecule has 1 unspecified atom stereocenters. The number of benzene rings is 3. The van der Waals surface area contributed by atoms with Crippen molar-refractivity contribution in [1.82, 2.24) is 9.99 Å². The Bertz CT molecular complexity index is 1620. The van der Waals surface area contributed by atoms with Crippen LogP contribution < -0.4 is 4.74 Å². The molecule has 198 valence electrons. The third kappa shape index (κ3) is 5.42. The molecule has 0 bridgehead atoms. The number of halogens is 2. The number of hydrogen-bond acceptors (Lipinski definition) is 6. The van der Waals surface area contributed by atoms with E-state index in [1.165, 1.54) is 11.2 Å². The van der Waals surface area contributed by atoms with Crippen molar-refractivity contribution in [3.8, 4) is 5.75 Å². The summed E-state index contributed by atoms with van der Waals surface area (Å²) >= 11 is 0. The molecular formula is C29H23F2N3O4S. The molecule has 2 heterocycles. The summed E-state index contributed by atoms with van der Waals surface area (Å²) in [7, 11) is -2.68. The first kappa shape index (κ1) is 26.2. The van der Waals surface area contributed by atoms with Crippen molar-refractivity contribution in [2.24, 2.45) is 5.10 Å². The van der Waals surface area contributed by atoms with Crippen molar-refractivity contribution < 1.29 is 26.7 Å². The van der Waals surface area contributed by atoms with Gasteiger partial charge in [-0.1, -0.05) is 42.5 Å². The van der Waals surface area contributed by atoms with E-state index < -0.39 is 32.1 Å². The van der Waals surface area contributed by atoms with Gasteiger partial charge in [0.25, 0.3) is 5.91 Å². The van der Waals surface area contributed by atoms with Crippen molar-refractivity contribution in [3.63, 3.8) is 0 Å². The van der Waals surface area contributed by atoms with Crippen LogP contribution in [-0.4, -0.2) is 37.1 Å². The number of rotatable bonds is 7. The van der Waals surface area contributed by atoms with Crippen LogP contribution in [-0.2, 0) is 15.6 Å². The zero-order valence-electron chi connectivity index (χ0n) is 20.8. The van der Waals surface area contributed by atoms with Gasteiger partial charge in [-0.15, -0.1) is 0 Å². The van der Waals surface area contributed by atoms with E-state index in [0.717, 1.165) is 23.8 Å². The fourth-order valence-electron chi connectivity index (χ4n) is 4.44. The van der Waals surface area contributed by atoms with Crippen LogP contribution in [0.5, 0.6) is 5.75 Å². The summed E-state index contributed by atoms with van der Waals surface area (Å²) in [5, 5.41) is 6.06. The Hall–Kier alpha value is -4.44. The minimum atomic E-state index is -4.26. The summed E-state index contributed by atoms with van der Waals surface area (Å²) < 4.78 is 58.9. The zero-order chi connectivity index (χ0) is 27.6. The molecule has 0 fully saturated rings. The van der Waals surface area contributed by atoms with Gasteiger partial charge in [0.2, 0.25) is 0 Å². The minimum absolute atomic E-state index is 0.312. The second-order valence-corrected chi connectivity index (χ2v) is 10.9. The quantitative estimate of drug-likeness (QED) is 0.312. The van der Waals surface area contributed by atoms with Crippen LogP contribution in [0.25, 0.3) is 0 Å². The number of nitrogens with zero attached hydrogens (tertiary/aromatic N) is 3. The summed E-state index contributed by atoms with van der Waals surface area (Å²) in [5.41, 5.74) is 2.93. The topological polar surface area (TPSA) is 88.9 Å². The lowest BCUT2D eigenvalue weighted by Gasteiger charge is -2.22. The average molecular weight is 548 g/mol. The summed E-state index contributed by atoms with van der Waals surface area (Å²) in [6.07, 6.45) is 3.48. The Balaban J connectivity index is 1.42. The number of aromatic nitrogens is 1. The standard InChI is InChI=1S/C29H23F2N3O4S/c1-38-23-13-11-21(12-14-23)27-16-26(33-34(27)29(35)22-4-3-15-32-17-22)20-9-7-19(8-10-20)18-39(36,37)28-24(30)5-2-6-25(28)31/h2-15,17,27H,16,18H2,1H3. The Morgan fingerprint density at radius 3 is 2.28 bits per heavy atom. The lowest BCUT2D eigenvalue weighted by molar-refractivity contribution is 0.0710. The SMILES string of the molecule is COc1ccc(C2CC(c3ccc(CS(=O)(=O)c4c(F)cccc4F)cc3)=NN2C(=O)c2cccnc2)cc1. The van der Waals surface area contributed by atoms with Crippen LogP contribution in [0, 0.1) is 11.6 Å². The number of ether oxygens (including phenoxy) is 1. The van der Waals surface area contributed by atoms with Crippen molar-refractivity contribution in [2.45, 2.75) is 23.1 Å². The number of hydrazone groups is 1. The molecule has 0 aliphatic carbocycles. The number of pyridine rings is 1. The second kappa shape index (κ2) is 10.7. The predicted molar refractivity (Wildman–Crippen MR) is 141 cm³/mol. The maximum absolute atomic E-state index is 14.1. The van der Waals surface area contributed by atoms with Crippen LogP contribution in [0.2, 0.25) is 0 Å². The molecular weight excluding hydrogens is 524 g/mol. The van der Waals surface area contributed by atoms with Gasteiger partial charge in [-0.2, -0.15) is 5.10 Å². The van der Waals surface area contributed by atoms with Crippen molar-refractivity contribution >= 4 is 21.5 Å². The lowest BCUT2D eigenvalue weighted by atomic mass is 9.97. The third-order valence-electron chi connectivity index (χ3n) is 6.40. The molecule has 1 atom stereocenters. The summed E-state index contributed by atoms with van der Waals surface area (Å²) in [5.74, 6) is -2.46. The molecule has 39 heavy (non-hydrogen) atoms. The molecule has 7 nitrogen and oxygen atoms in total. The van der Waals surface area contributed by atoms with E-state index in [1.807, 2.05) is 24.3 Å². The van der Waals surface area contributed by atoms with Crippen LogP contribution >= 0.6 is 0 Å². The van der Waals surface area contributed by atoms with E-state index in [-0.39, 0.29) is 11.9 Å². The van der Waals surface area contributed by atoms with Gasteiger partial charge in [-0.25, -0.2) is 22.2 Å². The first-order chi connectivity index (χ1) is 18.8. The highest BCUT2D eigenvalue weighted by atomic mass is 32.2. The molecule has 0 N–H and O–H groups in total. The number of carbonyl (C=O) groups is 1. The Labute approximate surface area is 224 Å². The van der Waals surface area contributed by atoms with Gasteiger partial charge in [0.15, 0.2) is 9.84 Å². The highest BCUT2D eigenvalue weighted by molar-refractivity contribution is 7.90. The molecule has 0 spiro atoms. The summed E-state index contributed by atoms with van der Waals surface area (Å²) in [4.78, 5) is 16.5. The van der Waals surface area contributed by atoms with Crippen molar-refractivity contribution in [3.05, 3.63) is 125 Å². The Morgan fingerprint density at radius 2 is 1.67 bits per heavy atom. The van der Waals surface area contributed by atoms with E-state index in [9.17, 15) is 22.0 Å². The molecule has 10 heteroatoms. The molecule has 5 rings (SSSR count). The highest BCUT2D eigenvalue weighted by Crippen LogP contribution is 2.35. The molecule has 4 aromatic rings. The van der Waals surface area contributed by atoms with Crippen molar-refractivity contribution in [2.75, 3.05) is 7.11 Å². The van der Waals surface area contributed by atoms with Crippen LogP contribution in [0.3, 0.4) is 0 Å². The smallest absolute Gasteiger partial charge is 0.276 e. The van der Waals surface area contributed by atoms with Gasteiger partial charge in [-0.3, -0.25) is 9.78 Å². The van der Waals surface area contributed by atoms with Gasteiger partial charge in [0.1, 0.15) is 22.3 Å². The molecule has 0 saturated carbocycles. The fourth-order valence-corrected chi connectivity index (χ4v) is 5.95. The Kier molecular flexibility index (Phi) is 7.21. The first-order valence-electron chi connectivity index (χ1n) is 12.0. The maximum atomic E-state index is 14.1. The van der Waals surface area contributed by atoms with Gasteiger partial charge in [0.05, 0.1) is 30.2 Å². The van der Waals surface area contributed by atoms with Gasteiger partial charge >= 0.3 is 0 Å². The van der Waals surface area contributed by atoms with Crippen LogP contribution in [0.15, 0.2) is 101 Å². The largest absolute Gasteiger partial charge is 0.497 e.